The maximum absolute atomic E-state index is 12.5. The van der Waals surface area contributed by atoms with Gasteiger partial charge in [0.05, 0.1) is 11.3 Å². The van der Waals surface area contributed by atoms with Gasteiger partial charge in [-0.2, -0.15) is 0 Å². The molecular formula is C21H24N4O. The summed E-state index contributed by atoms with van der Waals surface area (Å²) in [6.07, 6.45) is 7.32. The first-order valence-electron chi connectivity index (χ1n) is 9.25. The summed E-state index contributed by atoms with van der Waals surface area (Å²) in [6, 6.07) is 10.2. The van der Waals surface area contributed by atoms with Crippen molar-refractivity contribution >= 4 is 17.8 Å². The molecule has 2 heterocycles. The van der Waals surface area contributed by atoms with E-state index in [-0.39, 0.29) is 11.7 Å². The minimum absolute atomic E-state index is 0.152. The summed E-state index contributed by atoms with van der Waals surface area (Å²) in [5.74, 6) is 1.11. The molecule has 1 fully saturated rings. The molecule has 1 unspecified atom stereocenters. The largest absolute Gasteiger partial charge is 0.338 e. The van der Waals surface area contributed by atoms with Gasteiger partial charge in [-0.05, 0) is 24.9 Å². The van der Waals surface area contributed by atoms with Crippen LogP contribution in [-0.2, 0) is 6.42 Å². The molecule has 0 saturated carbocycles. The number of carbonyl (C=O) groups is 1. The fourth-order valence-corrected chi connectivity index (χ4v) is 3.57. The van der Waals surface area contributed by atoms with E-state index < -0.39 is 0 Å². The Kier molecular flexibility index (Phi) is 4.80. The Hall–Kier alpha value is -2.53. The summed E-state index contributed by atoms with van der Waals surface area (Å²) in [4.78, 5) is 26.3. The van der Waals surface area contributed by atoms with E-state index >= 15 is 0 Å². The molecule has 0 radical (unpaired) electrons. The number of likely N-dealkylation sites (N-methyl/N-ethyl adjacent to an activating group) is 1. The Morgan fingerprint density at radius 2 is 1.85 bits per heavy atom. The third kappa shape index (κ3) is 3.68. The van der Waals surface area contributed by atoms with Gasteiger partial charge in [0.1, 0.15) is 0 Å². The number of allylic oxidation sites excluding steroid dienone is 1. The number of Topliss-reactive ketones (excluding diaryl/α,β-unsaturated/α-hetero) is 1. The molecule has 0 N–H and O–H groups in total. The predicted octanol–water partition coefficient (Wildman–Crippen LogP) is 2.69. The fraction of sp³-hybridized carbons (Fsp3) is 0.381. The lowest BCUT2D eigenvalue weighted by atomic mass is 9.86. The molecule has 0 spiro atoms. The average Bonchev–Trinajstić information content (AvgIpc) is 2.67. The first-order valence-corrected chi connectivity index (χ1v) is 9.25. The van der Waals surface area contributed by atoms with Crippen LogP contribution in [0.5, 0.6) is 0 Å². The summed E-state index contributed by atoms with van der Waals surface area (Å²) in [6.45, 7) is 3.89. The second-order valence-electron chi connectivity index (χ2n) is 7.18. The number of piperazine rings is 1. The summed E-state index contributed by atoms with van der Waals surface area (Å²) >= 11 is 0. The highest BCUT2D eigenvalue weighted by Crippen LogP contribution is 2.27. The second-order valence-corrected chi connectivity index (χ2v) is 7.18. The fourth-order valence-electron chi connectivity index (χ4n) is 3.57. The molecule has 4 rings (SSSR count). The minimum Gasteiger partial charge on any atom is -0.338 e. The van der Waals surface area contributed by atoms with Gasteiger partial charge in [0.25, 0.3) is 0 Å². The molecular weight excluding hydrogens is 324 g/mol. The molecule has 1 atom stereocenters. The number of hydrogen-bond acceptors (Lipinski definition) is 5. The summed E-state index contributed by atoms with van der Waals surface area (Å²) in [5.41, 5.74) is 2.76. The van der Waals surface area contributed by atoms with Crippen molar-refractivity contribution in [3.05, 3.63) is 59.4 Å². The molecule has 1 aliphatic heterocycles. The van der Waals surface area contributed by atoms with Gasteiger partial charge in [-0.15, -0.1) is 0 Å². The van der Waals surface area contributed by atoms with E-state index in [1.807, 2.05) is 18.2 Å². The van der Waals surface area contributed by atoms with Crippen molar-refractivity contribution in [3.63, 3.8) is 0 Å². The van der Waals surface area contributed by atoms with Crippen molar-refractivity contribution < 1.29 is 4.79 Å². The summed E-state index contributed by atoms with van der Waals surface area (Å²) in [7, 11) is 2.13. The SMILES string of the molecule is CN1CCN(c2ncc3c(n2)CC(/C=C/c2ccccc2)CC3=O)CC1. The molecule has 134 valence electrons. The molecule has 1 aromatic carbocycles. The van der Waals surface area contributed by atoms with E-state index in [1.54, 1.807) is 6.20 Å². The van der Waals surface area contributed by atoms with Crippen molar-refractivity contribution in [2.45, 2.75) is 12.8 Å². The first-order chi connectivity index (χ1) is 12.7. The molecule has 1 aliphatic carbocycles. The van der Waals surface area contributed by atoms with Gasteiger partial charge < -0.3 is 9.80 Å². The van der Waals surface area contributed by atoms with Gasteiger partial charge in [0.15, 0.2) is 5.78 Å². The zero-order valence-corrected chi connectivity index (χ0v) is 15.1. The van der Waals surface area contributed by atoms with Crippen LogP contribution in [-0.4, -0.2) is 53.9 Å². The normalized spacial score (nSPS) is 21.2. The monoisotopic (exact) mass is 348 g/mol. The standard InChI is InChI=1S/C21H24N4O/c1-24-9-11-25(12-10-24)21-22-15-18-19(23-21)13-17(14-20(18)26)8-7-16-5-3-2-4-6-16/h2-8,15,17H,9-14H2,1H3/b8-7+. The van der Waals surface area contributed by atoms with E-state index in [0.29, 0.717) is 12.0 Å². The molecule has 1 saturated heterocycles. The average molecular weight is 348 g/mol. The summed E-state index contributed by atoms with van der Waals surface area (Å²) < 4.78 is 0. The van der Waals surface area contributed by atoms with Gasteiger partial charge in [-0.1, -0.05) is 42.5 Å². The van der Waals surface area contributed by atoms with E-state index in [9.17, 15) is 4.79 Å². The van der Waals surface area contributed by atoms with Crippen LogP contribution in [0.2, 0.25) is 0 Å². The van der Waals surface area contributed by atoms with E-state index in [4.69, 9.17) is 4.98 Å². The highest BCUT2D eigenvalue weighted by atomic mass is 16.1. The maximum atomic E-state index is 12.5. The molecule has 2 aliphatic rings. The Labute approximate surface area is 154 Å². The van der Waals surface area contributed by atoms with Crippen molar-refractivity contribution in [3.8, 4) is 0 Å². The van der Waals surface area contributed by atoms with Crippen LogP contribution in [0, 0.1) is 5.92 Å². The third-order valence-corrected chi connectivity index (χ3v) is 5.21. The molecule has 5 nitrogen and oxygen atoms in total. The number of nitrogens with zero attached hydrogens (tertiary/aromatic N) is 4. The Morgan fingerprint density at radius 1 is 1.08 bits per heavy atom. The van der Waals surface area contributed by atoms with Crippen LogP contribution in [0.4, 0.5) is 5.95 Å². The number of aromatic nitrogens is 2. The number of fused-ring (bicyclic) bond motifs is 1. The smallest absolute Gasteiger partial charge is 0.225 e. The predicted molar refractivity (Wildman–Crippen MR) is 103 cm³/mol. The maximum Gasteiger partial charge on any atom is 0.225 e. The van der Waals surface area contributed by atoms with Gasteiger partial charge in [0, 0.05) is 38.8 Å². The van der Waals surface area contributed by atoms with Gasteiger partial charge in [-0.3, -0.25) is 4.79 Å². The van der Waals surface area contributed by atoms with Crippen LogP contribution in [0.15, 0.2) is 42.6 Å². The zero-order chi connectivity index (χ0) is 17.9. The number of benzene rings is 1. The third-order valence-electron chi connectivity index (χ3n) is 5.21. The van der Waals surface area contributed by atoms with E-state index in [1.165, 1.54) is 0 Å². The molecule has 26 heavy (non-hydrogen) atoms. The van der Waals surface area contributed by atoms with Crippen molar-refractivity contribution in [2.75, 3.05) is 38.1 Å². The van der Waals surface area contributed by atoms with E-state index in [2.05, 4.69) is 46.1 Å². The molecule has 2 aromatic rings. The minimum atomic E-state index is 0.152. The number of rotatable bonds is 3. The second kappa shape index (κ2) is 7.38. The van der Waals surface area contributed by atoms with Crippen LogP contribution >= 0.6 is 0 Å². The lowest BCUT2D eigenvalue weighted by molar-refractivity contribution is 0.0957. The molecule has 5 heteroatoms. The molecule has 0 amide bonds. The van der Waals surface area contributed by atoms with Crippen LogP contribution in [0.3, 0.4) is 0 Å². The van der Waals surface area contributed by atoms with Crippen molar-refractivity contribution in [2.24, 2.45) is 5.92 Å². The lowest BCUT2D eigenvalue weighted by Gasteiger charge is -2.33. The zero-order valence-electron chi connectivity index (χ0n) is 15.1. The van der Waals surface area contributed by atoms with Gasteiger partial charge in [0.2, 0.25) is 5.95 Å². The Bertz CT molecular complexity index is 810. The van der Waals surface area contributed by atoms with Crippen LogP contribution in [0.1, 0.15) is 28.0 Å². The topological polar surface area (TPSA) is 49.3 Å². The van der Waals surface area contributed by atoms with Crippen LogP contribution in [0.25, 0.3) is 6.08 Å². The van der Waals surface area contributed by atoms with Crippen molar-refractivity contribution in [1.82, 2.24) is 14.9 Å². The van der Waals surface area contributed by atoms with Gasteiger partial charge >= 0.3 is 0 Å². The molecule has 0 bridgehead atoms. The highest BCUT2D eigenvalue weighted by molar-refractivity contribution is 5.98. The molecule has 1 aromatic heterocycles. The number of hydrogen-bond donors (Lipinski definition) is 0. The van der Waals surface area contributed by atoms with E-state index in [0.717, 1.165) is 49.8 Å². The van der Waals surface area contributed by atoms with Crippen LogP contribution < -0.4 is 4.90 Å². The quantitative estimate of drug-likeness (QED) is 0.854. The Morgan fingerprint density at radius 3 is 2.62 bits per heavy atom. The number of ketones is 1. The summed E-state index contributed by atoms with van der Waals surface area (Å²) in [5, 5.41) is 0. The number of carbonyl (C=O) groups excluding carboxylic acids is 1. The highest BCUT2D eigenvalue weighted by Gasteiger charge is 2.27. The Balaban J connectivity index is 1.52. The first kappa shape index (κ1) is 16.9. The lowest BCUT2D eigenvalue weighted by Crippen LogP contribution is -2.45. The number of anilines is 1. The van der Waals surface area contributed by atoms with Crippen molar-refractivity contribution in [1.29, 1.82) is 0 Å². The van der Waals surface area contributed by atoms with Gasteiger partial charge in [-0.25, -0.2) is 9.97 Å².